The summed E-state index contributed by atoms with van der Waals surface area (Å²) in [6.45, 7) is 1.04. The van der Waals surface area contributed by atoms with Crippen LogP contribution in [-0.4, -0.2) is 46.8 Å². The lowest BCUT2D eigenvalue weighted by molar-refractivity contribution is -0.124. The van der Waals surface area contributed by atoms with Gasteiger partial charge in [-0.1, -0.05) is 0 Å². The summed E-state index contributed by atoms with van der Waals surface area (Å²) in [6, 6.07) is 0. The third-order valence-corrected chi connectivity index (χ3v) is 2.87. The van der Waals surface area contributed by atoms with E-state index >= 15 is 0 Å². The molecule has 1 fully saturated rings. The Morgan fingerprint density at radius 2 is 2.29 bits per heavy atom. The first-order valence-corrected chi connectivity index (χ1v) is 5.49. The molecule has 1 saturated heterocycles. The minimum absolute atomic E-state index is 0.0144. The van der Waals surface area contributed by atoms with Crippen LogP contribution in [0.4, 0.5) is 0 Å². The molecule has 0 radical (unpaired) electrons. The summed E-state index contributed by atoms with van der Waals surface area (Å²) in [7, 11) is 1.61. The van der Waals surface area contributed by atoms with E-state index in [9.17, 15) is 9.59 Å². The molecule has 1 N–H and O–H groups in total. The van der Waals surface area contributed by atoms with E-state index in [0.29, 0.717) is 25.2 Å². The van der Waals surface area contributed by atoms with E-state index in [2.05, 4.69) is 15.3 Å². The van der Waals surface area contributed by atoms with Crippen molar-refractivity contribution in [2.45, 2.75) is 6.42 Å². The largest absolute Gasteiger partial charge is 0.359 e. The molecule has 1 atom stereocenters. The highest BCUT2D eigenvalue weighted by Crippen LogP contribution is 2.17. The van der Waals surface area contributed by atoms with E-state index in [1.54, 1.807) is 11.9 Å². The van der Waals surface area contributed by atoms with Crippen molar-refractivity contribution in [1.82, 2.24) is 20.2 Å². The molecule has 0 saturated carbocycles. The van der Waals surface area contributed by atoms with Crippen LogP contribution >= 0.6 is 0 Å². The van der Waals surface area contributed by atoms with Gasteiger partial charge in [0.1, 0.15) is 5.69 Å². The SMILES string of the molecule is CNC(=O)[C@H]1CCN(C(=O)c2cnccn2)C1. The number of rotatable bonds is 2. The summed E-state index contributed by atoms with van der Waals surface area (Å²) in [6.07, 6.45) is 5.15. The Hall–Kier alpha value is -1.98. The topological polar surface area (TPSA) is 75.2 Å². The third-order valence-electron chi connectivity index (χ3n) is 2.87. The van der Waals surface area contributed by atoms with Crippen molar-refractivity contribution in [3.05, 3.63) is 24.3 Å². The van der Waals surface area contributed by atoms with Crippen LogP contribution in [0.2, 0.25) is 0 Å². The molecule has 2 heterocycles. The van der Waals surface area contributed by atoms with Gasteiger partial charge < -0.3 is 10.2 Å². The van der Waals surface area contributed by atoms with Crippen molar-refractivity contribution in [2.75, 3.05) is 20.1 Å². The number of amides is 2. The number of nitrogens with one attached hydrogen (secondary N) is 1. The molecule has 0 spiro atoms. The van der Waals surface area contributed by atoms with Gasteiger partial charge in [-0.15, -0.1) is 0 Å². The summed E-state index contributed by atoms with van der Waals surface area (Å²) >= 11 is 0. The zero-order valence-corrected chi connectivity index (χ0v) is 9.59. The van der Waals surface area contributed by atoms with Crippen molar-refractivity contribution in [3.63, 3.8) is 0 Å². The summed E-state index contributed by atoms with van der Waals surface area (Å²) in [5.41, 5.74) is 0.324. The van der Waals surface area contributed by atoms with E-state index in [1.807, 2.05) is 0 Å². The number of carbonyl (C=O) groups is 2. The molecule has 6 heteroatoms. The van der Waals surface area contributed by atoms with Crippen LogP contribution in [0.5, 0.6) is 0 Å². The zero-order chi connectivity index (χ0) is 12.3. The number of carbonyl (C=O) groups excluding carboxylic acids is 2. The van der Waals surface area contributed by atoms with Gasteiger partial charge in [0.05, 0.1) is 12.1 Å². The van der Waals surface area contributed by atoms with Crippen LogP contribution in [-0.2, 0) is 4.79 Å². The average Bonchev–Trinajstić information content (AvgIpc) is 2.87. The Morgan fingerprint density at radius 3 is 2.94 bits per heavy atom. The third kappa shape index (κ3) is 2.41. The van der Waals surface area contributed by atoms with Gasteiger partial charge in [-0.25, -0.2) is 4.98 Å². The molecule has 1 aromatic heterocycles. The molecule has 0 aromatic carbocycles. The molecule has 2 amide bonds. The molecule has 6 nitrogen and oxygen atoms in total. The monoisotopic (exact) mass is 234 g/mol. The van der Waals surface area contributed by atoms with E-state index in [-0.39, 0.29) is 17.7 Å². The van der Waals surface area contributed by atoms with Crippen LogP contribution in [0.1, 0.15) is 16.9 Å². The summed E-state index contributed by atoms with van der Waals surface area (Å²) in [4.78, 5) is 32.9. The highest BCUT2D eigenvalue weighted by molar-refractivity contribution is 5.92. The van der Waals surface area contributed by atoms with Crippen LogP contribution in [0, 0.1) is 5.92 Å². The predicted octanol–water partition coefficient (Wildman–Crippen LogP) is -0.315. The standard InChI is InChI=1S/C11H14N4O2/c1-12-10(16)8-2-5-15(7-8)11(17)9-6-13-3-4-14-9/h3-4,6,8H,2,5,7H2,1H3,(H,12,16)/t8-/m0/s1. The molecule has 0 unspecified atom stereocenters. The molecular formula is C11H14N4O2. The van der Waals surface area contributed by atoms with Crippen molar-refractivity contribution in [2.24, 2.45) is 5.92 Å². The molecule has 17 heavy (non-hydrogen) atoms. The fourth-order valence-electron chi connectivity index (χ4n) is 1.93. The number of likely N-dealkylation sites (tertiary alicyclic amines) is 1. The molecular weight excluding hydrogens is 220 g/mol. The smallest absolute Gasteiger partial charge is 0.274 e. The Labute approximate surface area is 99.1 Å². The van der Waals surface area contributed by atoms with Crippen LogP contribution in [0.3, 0.4) is 0 Å². The number of nitrogens with zero attached hydrogens (tertiary/aromatic N) is 3. The Balaban J connectivity index is 2.02. The first-order chi connectivity index (χ1) is 8.22. The maximum absolute atomic E-state index is 12.0. The fourth-order valence-corrected chi connectivity index (χ4v) is 1.93. The van der Waals surface area contributed by atoms with Crippen molar-refractivity contribution < 1.29 is 9.59 Å². The summed E-state index contributed by atoms with van der Waals surface area (Å²) in [5.74, 6) is -0.287. The average molecular weight is 234 g/mol. The van der Waals surface area contributed by atoms with Gasteiger partial charge in [0.2, 0.25) is 5.91 Å². The minimum Gasteiger partial charge on any atom is -0.359 e. The van der Waals surface area contributed by atoms with Gasteiger partial charge in [-0.3, -0.25) is 14.6 Å². The minimum atomic E-state index is -0.162. The van der Waals surface area contributed by atoms with Crippen LogP contribution in [0.25, 0.3) is 0 Å². The Kier molecular flexibility index (Phi) is 3.32. The fraction of sp³-hybridized carbons (Fsp3) is 0.455. The second kappa shape index (κ2) is 4.90. The predicted molar refractivity (Wildman–Crippen MR) is 60.1 cm³/mol. The summed E-state index contributed by atoms with van der Waals surface area (Å²) in [5, 5.41) is 2.60. The zero-order valence-electron chi connectivity index (χ0n) is 9.59. The lowest BCUT2D eigenvalue weighted by atomic mass is 10.1. The molecule has 2 rings (SSSR count). The van der Waals surface area contributed by atoms with E-state index in [1.165, 1.54) is 18.6 Å². The van der Waals surface area contributed by atoms with Crippen molar-refractivity contribution in [3.8, 4) is 0 Å². The quantitative estimate of drug-likeness (QED) is 0.761. The van der Waals surface area contributed by atoms with E-state index in [4.69, 9.17) is 0 Å². The Bertz CT molecular complexity index is 421. The molecule has 1 aliphatic heterocycles. The molecule has 0 aliphatic carbocycles. The Morgan fingerprint density at radius 1 is 1.47 bits per heavy atom. The van der Waals surface area contributed by atoms with E-state index in [0.717, 1.165) is 0 Å². The number of hydrogen-bond donors (Lipinski definition) is 1. The molecule has 1 aromatic rings. The van der Waals surface area contributed by atoms with Gasteiger partial charge in [0.25, 0.3) is 5.91 Å². The van der Waals surface area contributed by atoms with Crippen molar-refractivity contribution >= 4 is 11.8 Å². The van der Waals surface area contributed by atoms with Crippen LogP contribution in [0.15, 0.2) is 18.6 Å². The first kappa shape index (κ1) is 11.5. The van der Waals surface area contributed by atoms with Gasteiger partial charge >= 0.3 is 0 Å². The lowest BCUT2D eigenvalue weighted by Gasteiger charge is -2.15. The maximum atomic E-state index is 12.0. The van der Waals surface area contributed by atoms with E-state index < -0.39 is 0 Å². The van der Waals surface area contributed by atoms with Crippen LogP contribution < -0.4 is 5.32 Å². The second-order valence-corrected chi connectivity index (χ2v) is 3.94. The lowest BCUT2D eigenvalue weighted by Crippen LogP contribution is -2.33. The molecule has 1 aliphatic rings. The molecule has 90 valence electrons. The maximum Gasteiger partial charge on any atom is 0.274 e. The van der Waals surface area contributed by atoms with Crippen molar-refractivity contribution in [1.29, 1.82) is 0 Å². The number of hydrogen-bond acceptors (Lipinski definition) is 4. The normalized spacial score (nSPS) is 19.1. The highest BCUT2D eigenvalue weighted by atomic mass is 16.2. The van der Waals surface area contributed by atoms with Gasteiger partial charge in [0.15, 0.2) is 0 Å². The summed E-state index contributed by atoms with van der Waals surface area (Å²) < 4.78 is 0. The van der Waals surface area contributed by atoms with Gasteiger partial charge in [-0.05, 0) is 6.42 Å². The number of aromatic nitrogens is 2. The van der Waals surface area contributed by atoms with Gasteiger partial charge in [-0.2, -0.15) is 0 Å². The van der Waals surface area contributed by atoms with Gasteiger partial charge in [0, 0.05) is 32.5 Å². The second-order valence-electron chi connectivity index (χ2n) is 3.94. The first-order valence-electron chi connectivity index (χ1n) is 5.49. The highest BCUT2D eigenvalue weighted by Gasteiger charge is 2.31. The molecule has 0 bridgehead atoms.